The van der Waals surface area contributed by atoms with E-state index in [9.17, 15) is 37.5 Å². The summed E-state index contributed by atoms with van der Waals surface area (Å²) < 4.78 is 27.8. The van der Waals surface area contributed by atoms with E-state index in [1.165, 1.54) is 30.1 Å². The van der Waals surface area contributed by atoms with Gasteiger partial charge in [-0.3, -0.25) is 14.4 Å². The fourth-order valence-electron chi connectivity index (χ4n) is 6.15. The summed E-state index contributed by atoms with van der Waals surface area (Å²) >= 11 is 12.0. The summed E-state index contributed by atoms with van der Waals surface area (Å²) in [6, 6.07) is 14.1. The standard InChI is InChI=1S/C38H46Cl2N6O8S/c1-23(2)18-33(45(4)34(47)19-25-11-13-28(14-12-25)42-38(52)44-30-9-6-5-8-24(30)3)35(48)41-16-15-31(37(50)51)43-36(49)32-10-7-17-46(32)55(53,54)29-21-26(39)20-27(40)22-29/h5-6,8-9,11-14,20-23,31-33H,7,10,15-19H2,1-4H3,(H,41,48)(H,43,49)(H,50,51)(H2,42,44,52). The zero-order chi connectivity index (χ0) is 40.4. The lowest BCUT2D eigenvalue weighted by Gasteiger charge is -2.29. The predicted octanol–water partition coefficient (Wildman–Crippen LogP) is 5.29. The number of amides is 5. The van der Waals surface area contributed by atoms with Crippen LogP contribution >= 0.6 is 23.2 Å². The van der Waals surface area contributed by atoms with E-state index in [4.69, 9.17) is 23.2 Å². The summed E-state index contributed by atoms with van der Waals surface area (Å²) in [6.07, 6.45) is 0.659. The summed E-state index contributed by atoms with van der Waals surface area (Å²) in [5.41, 5.74) is 2.79. The number of nitrogens with zero attached hydrogens (tertiary/aromatic N) is 2. The van der Waals surface area contributed by atoms with Gasteiger partial charge in [0.15, 0.2) is 0 Å². The number of aliphatic carboxylic acids is 1. The van der Waals surface area contributed by atoms with Gasteiger partial charge in [-0.15, -0.1) is 0 Å². The molecule has 0 radical (unpaired) electrons. The maximum absolute atomic E-state index is 13.4. The fourth-order valence-corrected chi connectivity index (χ4v) is 8.53. The third-order valence-electron chi connectivity index (χ3n) is 9.11. The third kappa shape index (κ3) is 11.9. The van der Waals surface area contributed by atoms with Crippen LogP contribution in [0.25, 0.3) is 0 Å². The number of urea groups is 1. The molecule has 5 N–H and O–H groups in total. The molecule has 0 saturated carbocycles. The molecule has 1 aliphatic heterocycles. The Hall–Kier alpha value is -4.70. The number of carboxylic acids is 1. The summed E-state index contributed by atoms with van der Waals surface area (Å²) in [5, 5.41) is 20.8. The number of hydrogen-bond donors (Lipinski definition) is 5. The molecular formula is C38H46Cl2N6O8S. The van der Waals surface area contributed by atoms with E-state index in [0.717, 1.165) is 9.87 Å². The van der Waals surface area contributed by atoms with Gasteiger partial charge in [-0.1, -0.05) is 67.4 Å². The molecule has 3 aromatic carbocycles. The van der Waals surface area contributed by atoms with Crippen LogP contribution < -0.4 is 21.3 Å². The summed E-state index contributed by atoms with van der Waals surface area (Å²) in [4.78, 5) is 65.8. The number of sulfonamides is 1. The van der Waals surface area contributed by atoms with Crippen LogP contribution in [0.3, 0.4) is 0 Å². The van der Waals surface area contributed by atoms with E-state index >= 15 is 0 Å². The molecule has 5 amide bonds. The van der Waals surface area contributed by atoms with Crippen molar-refractivity contribution in [2.75, 3.05) is 30.8 Å². The van der Waals surface area contributed by atoms with E-state index in [-0.39, 0.29) is 59.1 Å². The Kier molecular flexibility index (Phi) is 15.1. The van der Waals surface area contributed by atoms with E-state index in [1.54, 1.807) is 30.3 Å². The van der Waals surface area contributed by atoms with Gasteiger partial charge in [-0.2, -0.15) is 4.31 Å². The quantitative estimate of drug-likeness (QED) is 0.129. The Morgan fingerprint density at radius 1 is 0.964 bits per heavy atom. The van der Waals surface area contributed by atoms with Crippen molar-refractivity contribution in [2.24, 2.45) is 5.92 Å². The second kappa shape index (κ2) is 19.2. The van der Waals surface area contributed by atoms with Crippen LogP contribution in [0.4, 0.5) is 16.2 Å². The average molecular weight is 818 g/mol. The van der Waals surface area contributed by atoms with Gasteiger partial charge in [0.25, 0.3) is 0 Å². The molecule has 1 fully saturated rings. The van der Waals surface area contributed by atoms with Crippen molar-refractivity contribution >= 4 is 74.3 Å². The zero-order valence-electron chi connectivity index (χ0n) is 31.0. The number of aryl methyl sites for hydroxylation is 1. The first-order chi connectivity index (χ1) is 26.0. The van der Waals surface area contributed by atoms with Gasteiger partial charge < -0.3 is 31.3 Å². The van der Waals surface area contributed by atoms with Gasteiger partial charge in [-0.25, -0.2) is 18.0 Å². The highest BCUT2D eigenvalue weighted by molar-refractivity contribution is 7.89. The lowest BCUT2D eigenvalue weighted by atomic mass is 10.0. The molecule has 296 valence electrons. The number of carbonyl (C=O) groups is 5. The van der Waals surface area contributed by atoms with Crippen LogP contribution in [-0.2, 0) is 35.6 Å². The minimum atomic E-state index is -4.19. The first kappa shape index (κ1) is 43.0. The molecule has 17 heteroatoms. The summed E-state index contributed by atoms with van der Waals surface area (Å²) in [7, 11) is -2.66. The molecule has 1 aliphatic rings. The van der Waals surface area contributed by atoms with Crippen LogP contribution in [0.1, 0.15) is 50.7 Å². The molecule has 55 heavy (non-hydrogen) atoms. The maximum atomic E-state index is 13.4. The van der Waals surface area contributed by atoms with E-state index in [1.807, 2.05) is 39.0 Å². The second-order valence-electron chi connectivity index (χ2n) is 13.8. The summed E-state index contributed by atoms with van der Waals surface area (Å²) in [5.74, 6) is -2.94. The van der Waals surface area contributed by atoms with Crippen molar-refractivity contribution < 1.29 is 37.5 Å². The van der Waals surface area contributed by atoms with Crippen LogP contribution in [0.2, 0.25) is 10.0 Å². The second-order valence-corrected chi connectivity index (χ2v) is 16.5. The van der Waals surface area contributed by atoms with Crippen molar-refractivity contribution in [1.29, 1.82) is 0 Å². The predicted molar refractivity (Wildman–Crippen MR) is 211 cm³/mol. The lowest BCUT2D eigenvalue weighted by Crippen LogP contribution is -2.52. The minimum absolute atomic E-state index is 0.0144. The van der Waals surface area contributed by atoms with E-state index in [2.05, 4.69) is 21.3 Å². The van der Waals surface area contributed by atoms with Gasteiger partial charge in [0.05, 0.1) is 11.3 Å². The van der Waals surface area contributed by atoms with Gasteiger partial charge in [0, 0.05) is 41.6 Å². The van der Waals surface area contributed by atoms with Crippen molar-refractivity contribution in [1.82, 2.24) is 19.8 Å². The molecule has 1 heterocycles. The molecule has 3 unspecified atom stereocenters. The molecule has 0 aliphatic carbocycles. The van der Waals surface area contributed by atoms with Crippen LogP contribution in [-0.4, -0.2) is 90.7 Å². The Balaban J connectivity index is 1.32. The average Bonchev–Trinajstić information content (AvgIpc) is 3.62. The van der Waals surface area contributed by atoms with Gasteiger partial charge in [0.2, 0.25) is 27.7 Å². The Bertz CT molecular complexity index is 1980. The van der Waals surface area contributed by atoms with Crippen molar-refractivity contribution in [2.45, 2.75) is 75.9 Å². The van der Waals surface area contributed by atoms with Gasteiger partial charge >= 0.3 is 12.0 Å². The molecule has 0 bridgehead atoms. The maximum Gasteiger partial charge on any atom is 0.326 e. The van der Waals surface area contributed by atoms with Gasteiger partial charge in [0.1, 0.15) is 18.1 Å². The molecule has 4 rings (SSSR count). The Labute approximate surface area is 331 Å². The topological polar surface area (TPSA) is 194 Å². The van der Waals surface area contributed by atoms with E-state index in [0.29, 0.717) is 29.8 Å². The normalized spacial score (nSPS) is 15.5. The number of halogens is 2. The number of hydrogen-bond acceptors (Lipinski definition) is 7. The monoisotopic (exact) mass is 816 g/mol. The number of para-hydroxylation sites is 1. The molecule has 1 saturated heterocycles. The summed E-state index contributed by atoms with van der Waals surface area (Å²) in [6.45, 7) is 5.59. The van der Waals surface area contributed by atoms with E-state index < -0.39 is 52.0 Å². The molecule has 3 atom stereocenters. The fraction of sp³-hybridized carbons (Fsp3) is 0.395. The largest absolute Gasteiger partial charge is 0.480 e. The highest BCUT2D eigenvalue weighted by Crippen LogP contribution is 2.30. The Morgan fingerprint density at radius 3 is 2.24 bits per heavy atom. The van der Waals surface area contributed by atoms with Crippen LogP contribution in [0.5, 0.6) is 0 Å². The molecule has 14 nitrogen and oxygen atoms in total. The van der Waals surface area contributed by atoms with Crippen molar-refractivity contribution in [3.63, 3.8) is 0 Å². The van der Waals surface area contributed by atoms with Crippen molar-refractivity contribution in [3.8, 4) is 0 Å². The number of carbonyl (C=O) groups excluding carboxylic acids is 4. The van der Waals surface area contributed by atoms with Crippen LogP contribution in [0.15, 0.2) is 71.6 Å². The number of anilines is 2. The van der Waals surface area contributed by atoms with Gasteiger partial charge in [-0.05, 0) is 86.1 Å². The molecule has 0 aromatic heterocycles. The SMILES string of the molecule is Cc1ccccc1NC(=O)Nc1ccc(CC(=O)N(C)C(CC(C)C)C(=O)NCCC(NC(=O)C2CCCN2S(=O)(=O)c2cc(Cl)cc(Cl)c2)C(=O)O)cc1. The molecular weight excluding hydrogens is 771 g/mol. The van der Waals surface area contributed by atoms with Crippen LogP contribution in [0, 0.1) is 12.8 Å². The minimum Gasteiger partial charge on any atom is -0.480 e. The number of carboxylic acid groups (broad SMARTS) is 1. The highest BCUT2D eigenvalue weighted by atomic mass is 35.5. The number of nitrogens with one attached hydrogen (secondary N) is 4. The number of likely N-dealkylation sites (N-methyl/N-ethyl adjacent to an activating group) is 1. The highest BCUT2D eigenvalue weighted by Gasteiger charge is 2.41. The number of rotatable bonds is 16. The smallest absolute Gasteiger partial charge is 0.326 e. The van der Waals surface area contributed by atoms with Crippen molar-refractivity contribution in [3.05, 3.63) is 87.9 Å². The number of benzene rings is 3. The Morgan fingerprint density at radius 2 is 1.62 bits per heavy atom. The first-order valence-corrected chi connectivity index (χ1v) is 19.9. The first-order valence-electron chi connectivity index (χ1n) is 17.7. The molecule has 0 spiro atoms. The lowest BCUT2D eigenvalue weighted by molar-refractivity contribution is -0.142. The molecule has 3 aromatic rings. The third-order valence-corrected chi connectivity index (χ3v) is 11.4. The zero-order valence-corrected chi connectivity index (χ0v) is 33.3.